The van der Waals surface area contributed by atoms with Crippen molar-refractivity contribution in [2.75, 3.05) is 13.6 Å². The van der Waals surface area contributed by atoms with Crippen molar-refractivity contribution in [1.29, 1.82) is 0 Å². The zero-order chi connectivity index (χ0) is 18.4. The molecule has 134 valence electrons. The molecule has 26 heavy (non-hydrogen) atoms. The van der Waals surface area contributed by atoms with Crippen LogP contribution in [-0.4, -0.2) is 24.5 Å². The Morgan fingerprint density at radius 3 is 2.65 bits per heavy atom. The molecule has 0 amide bonds. The van der Waals surface area contributed by atoms with Crippen LogP contribution in [0.5, 0.6) is 0 Å². The molecule has 2 N–H and O–H groups in total. The maximum Gasteiger partial charge on any atom is 0.191 e. The first-order valence-electron chi connectivity index (χ1n) is 9.00. The fraction of sp³-hybridized carbons (Fsp3) is 0.273. The third-order valence-electron chi connectivity index (χ3n) is 4.57. The van der Waals surface area contributed by atoms with Crippen LogP contribution >= 0.6 is 0 Å². The van der Waals surface area contributed by atoms with Gasteiger partial charge in [0.05, 0.1) is 5.52 Å². The van der Waals surface area contributed by atoms with E-state index in [-0.39, 0.29) is 0 Å². The fourth-order valence-corrected chi connectivity index (χ4v) is 3.13. The summed E-state index contributed by atoms with van der Waals surface area (Å²) in [6.07, 6.45) is 2.75. The highest BCUT2D eigenvalue weighted by Crippen LogP contribution is 2.16. The molecule has 1 heterocycles. The molecule has 0 aliphatic rings. The summed E-state index contributed by atoms with van der Waals surface area (Å²) in [7, 11) is 1.80. The minimum atomic E-state index is 0.765. The third-order valence-corrected chi connectivity index (χ3v) is 4.57. The topological polar surface area (TPSA) is 49.3 Å². The van der Waals surface area contributed by atoms with Crippen molar-refractivity contribution in [3.8, 4) is 0 Å². The molecule has 0 saturated heterocycles. The Morgan fingerprint density at radius 1 is 1.00 bits per heavy atom. The number of guanidine groups is 1. The summed E-state index contributed by atoms with van der Waals surface area (Å²) in [5.74, 6) is 0.818. The van der Waals surface area contributed by atoms with Crippen LogP contribution in [0, 0.1) is 13.8 Å². The lowest BCUT2D eigenvalue weighted by Gasteiger charge is -2.14. The van der Waals surface area contributed by atoms with Gasteiger partial charge in [0.25, 0.3) is 0 Å². The number of nitrogens with zero attached hydrogens (tertiary/aromatic N) is 2. The van der Waals surface area contributed by atoms with Gasteiger partial charge in [-0.2, -0.15) is 0 Å². The van der Waals surface area contributed by atoms with Crippen LogP contribution in [0.2, 0.25) is 0 Å². The smallest absolute Gasteiger partial charge is 0.191 e. The second-order valence-corrected chi connectivity index (χ2v) is 6.52. The lowest BCUT2D eigenvalue weighted by molar-refractivity contribution is 0.793. The molecule has 0 saturated carbocycles. The van der Waals surface area contributed by atoms with Gasteiger partial charge in [0, 0.05) is 31.7 Å². The Labute approximate surface area is 155 Å². The maximum atomic E-state index is 4.52. The van der Waals surface area contributed by atoms with Gasteiger partial charge in [-0.25, -0.2) is 0 Å². The van der Waals surface area contributed by atoms with Crippen LogP contribution in [0.15, 0.2) is 59.7 Å². The van der Waals surface area contributed by atoms with Crippen molar-refractivity contribution < 1.29 is 0 Å². The molecule has 0 unspecified atom stereocenters. The molecule has 0 fully saturated rings. The highest BCUT2D eigenvalue weighted by atomic mass is 15.2. The van der Waals surface area contributed by atoms with Gasteiger partial charge in [-0.05, 0) is 43.0 Å². The minimum Gasteiger partial charge on any atom is -0.356 e. The van der Waals surface area contributed by atoms with Gasteiger partial charge in [0.1, 0.15) is 0 Å². The van der Waals surface area contributed by atoms with Crippen LogP contribution < -0.4 is 10.6 Å². The third kappa shape index (κ3) is 4.39. The first-order valence-corrected chi connectivity index (χ1v) is 9.00. The number of aryl methyl sites for hydroxylation is 2. The zero-order valence-electron chi connectivity index (χ0n) is 15.7. The van der Waals surface area contributed by atoms with E-state index in [4.69, 9.17) is 0 Å². The van der Waals surface area contributed by atoms with Crippen LogP contribution in [0.4, 0.5) is 0 Å². The second-order valence-electron chi connectivity index (χ2n) is 6.52. The molecule has 0 bridgehead atoms. The molecule has 3 rings (SSSR count). The van der Waals surface area contributed by atoms with Crippen molar-refractivity contribution in [3.05, 3.63) is 77.0 Å². The summed E-state index contributed by atoms with van der Waals surface area (Å²) in [4.78, 5) is 8.84. The lowest BCUT2D eigenvalue weighted by Crippen LogP contribution is -2.38. The summed E-state index contributed by atoms with van der Waals surface area (Å²) in [5, 5.41) is 7.97. The van der Waals surface area contributed by atoms with Crippen molar-refractivity contribution >= 4 is 16.9 Å². The van der Waals surface area contributed by atoms with Gasteiger partial charge in [0.2, 0.25) is 0 Å². The van der Waals surface area contributed by atoms with E-state index in [2.05, 4.69) is 76.9 Å². The largest absolute Gasteiger partial charge is 0.356 e. The Bertz CT molecular complexity index is 910. The Morgan fingerprint density at radius 2 is 1.85 bits per heavy atom. The summed E-state index contributed by atoms with van der Waals surface area (Å²) >= 11 is 0. The molecule has 2 aromatic carbocycles. The maximum absolute atomic E-state index is 4.52. The number of hydrogen-bond donors (Lipinski definition) is 2. The summed E-state index contributed by atoms with van der Waals surface area (Å²) in [6.45, 7) is 5.84. The van der Waals surface area contributed by atoms with Crippen molar-refractivity contribution in [3.63, 3.8) is 0 Å². The molecule has 0 spiro atoms. The molecular weight excluding hydrogens is 320 g/mol. The highest BCUT2D eigenvalue weighted by molar-refractivity contribution is 5.82. The predicted molar refractivity (Wildman–Crippen MR) is 110 cm³/mol. The van der Waals surface area contributed by atoms with Gasteiger partial charge < -0.3 is 10.6 Å². The quantitative estimate of drug-likeness (QED) is 0.546. The van der Waals surface area contributed by atoms with Gasteiger partial charge in [0.15, 0.2) is 5.96 Å². The van der Waals surface area contributed by atoms with Gasteiger partial charge >= 0.3 is 0 Å². The molecule has 4 nitrogen and oxygen atoms in total. The van der Waals surface area contributed by atoms with Crippen molar-refractivity contribution in [1.82, 2.24) is 15.6 Å². The molecule has 0 atom stereocenters. The van der Waals surface area contributed by atoms with E-state index < -0.39 is 0 Å². The number of rotatable bonds is 5. The summed E-state index contributed by atoms with van der Waals surface area (Å²) in [6, 6.07) is 16.9. The number of hydrogen-bond acceptors (Lipinski definition) is 2. The number of aromatic nitrogens is 1. The number of para-hydroxylation sites is 1. The molecule has 3 aromatic rings. The molecule has 0 radical (unpaired) electrons. The van der Waals surface area contributed by atoms with Crippen LogP contribution in [0.25, 0.3) is 10.9 Å². The van der Waals surface area contributed by atoms with Crippen LogP contribution in [0.3, 0.4) is 0 Å². The van der Waals surface area contributed by atoms with Gasteiger partial charge in [-0.3, -0.25) is 9.98 Å². The standard InChI is InChI=1S/C22H26N4/c1-16-9-10-20(17(2)14-16)15-26-22(23-3)25-13-11-19-7-4-6-18-8-5-12-24-21(18)19/h4-10,12,14H,11,13,15H2,1-3H3,(H2,23,25,26). The van der Waals surface area contributed by atoms with Crippen LogP contribution in [0.1, 0.15) is 22.3 Å². The van der Waals surface area contributed by atoms with E-state index in [0.29, 0.717) is 0 Å². The number of aliphatic imine (C=N–C) groups is 1. The molecule has 0 aliphatic carbocycles. The summed E-state index contributed by atoms with van der Waals surface area (Å²) < 4.78 is 0. The zero-order valence-corrected chi connectivity index (χ0v) is 15.7. The molecular formula is C22H26N4. The predicted octanol–water partition coefficient (Wildman–Crippen LogP) is 3.76. The Balaban J connectivity index is 1.56. The second kappa shape index (κ2) is 8.48. The molecule has 4 heteroatoms. The van der Waals surface area contributed by atoms with Crippen molar-refractivity contribution in [2.45, 2.75) is 26.8 Å². The highest BCUT2D eigenvalue weighted by Gasteiger charge is 2.04. The summed E-state index contributed by atoms with van der Waals surface area (Å²) in [5.41, 5.74) is 6.21. The monoisotopic (exact) mass is 346 g/mol. The first kappa shape index (κ1) is 17.9. The fourth-order valence-electron chi connectivity index (χ4n) is 3.13. The van der Waals surface area contributed by atoms with E-state index in [0.717, 1.165) is 31.0 Å². The van der Waals surface area contributed by atoms with E-state index in [9.17, 15) is 0 Å². The Kier molecular flexibility index (Phi) is 5.84. The minimum absolute atomic E-state index is 0.765. The lowest BCUT2D eigenvalue weighted by atomic mass is 10.1. The molecule has 1 aromatic heterocycles. The average molecular weight is 346 g/mol. The Hall–Kier alpha value is -2.88. The average Bonchev–Trinajstić information content (AvgIpc) is 2.66. The SMILES string of the molecule is CN=C(NCCc1cccc2cccnc12)NCc1ccc(C)cc1C. The van der Waals surface area contributed by atoms with E-state index >= 15 is 0 Å². The first-order chi connectivity index (χ1) is 12.7. The van der Waals surface area contributed by atoms with E-state index in [1.807, 2.05) is 12.3 Å². The van der Waals surface area contributed by atoms with E-state index in [1.54, 1.807) is 7.05 Å². The molecule has 0 aliphatic heterocycles. The van der Waals surface area contributed by atoms with Crippen molar-refractivity contribution in [2.24, 2.45) is 4.99 Å². The van der Waals surface area contributed by atoms with Gasteiger partial charge in [-0.15, -0.1) is 0 Å². The van der Waals surface area contributed by atoms with Crippen LogP contribution in [-0.2, 0) is 13.0 Å². The van der Waals surface area contributed by atoms with Gasteiger partial charge in [-0.1, -0.05) is 48.0 Å². The normalized spacial score (nSPS) is 11.6. The number of pyridine rings is 1. The number of fused-ring (bicyclic) bond motifs is 1. The number of benzene rings is 2. The number of nitrogens with one attached hydrogen (secondary N) is 2. The van der Waals surface area contributed by atoms with E-state index in [1.165, 1.54) is 27.6 Å².